The fourth-order valence-corrected chi connectivity index (χ4v) is 7.41. The van der Waals surface area contributed by atoms with Crippen molar-refractivity contribution in [2.24, 2.45) is 0 Å². The molecule has 2 heterocycles. The zero-order valence-corrected chi connectivity index (χ0v) is 24.6. The molecule has 42 heavy (non-hydrogen) atoms. The number of ether oxygens (including phenoxy) is 2. The number of pyridine rings is 1. The number of benzene rings is 3. The maximum absolute atomic E-state index is 16.0. The van der Waals surface area contributed by atoms with Crippen LogP contribution >= 0.6 is 0 Å². The van der Waals surface area contributed by atoms with Crippen molar-refractivity contribution in [2.45, 2.75) is 57.1 Å². The molecule has 2 aliphatic rings. The molecule has 1 aromatic heterocycles. The summed E-state index contributed by atoms with van der Waals surface area (Å²) in [7, 11) is -2.35. The summed E-state index contributed by atoms with van der Waals surface area (Å²) in [5.41, 5.74) is 2.86. The summed E-state index contributed by atoms with van der Waals surface area (Å²) in [6, 6.07) is 12.9. The Kier molecular flexibility index (Phi) is 6.93. The van der Waals surface area contributed by atoms with Gasteiger partial charge in [-0.25, -0.2) is 17.6 Å². The lowest BCUT2D eigenvalue weighted by atomic mass is 9.96. The number of aromatic nitrogens is 1. The molecule has 8 nitrogen and oxygen atoms in total. The first-order valence-corrected chi connectivity index (χ1v) is 15.3. The van der Waals surface area contributed by atoms with Crippen LogP contribution in [-0.4, -0.2) is 37.0 Å². The summed E-state index contributed by atoms with van der Waals surface area (Å²) >= 11 is 0. The van der Waals surface area contributed by atoms with Crippen LogP contribution in [0.2, 0.25) is 0 Å². The predicted octanol–water partition coefficient (Wildman–Crippen LogP) is 5.90. The SMILES string of the molecule is CCOC(=O)c1cn(C2CC2)c2c(OC)c(-c3ccc4c(c3)CN(S(=O)(=O)c3ccc(C)cc3)C4C)c(F)cc2c1=O. The van der Waals surface area contributed by atoms with Gasteiger partial charge in [-0.1, -0.05) is 29.8 Å². The maximum atomic E-state index is 16.0. The van der Waals surface area contributed by atoms with Gasteiger partial charge in [0.05, 0.1) is 35.1 Å². The quantitative estimate of drug-likeness (QED) is 0.249. The van der Waals surface area contributed by atoms with Crippen LogP contribution in [0, 0.1) is 12.7 Å². The second kappa shape index (κ2) is 10.4. The molecule has 0 saturated heterocycles. The Balaban J connectivity index is 1.47. The highest BCUT2D eigenvalue weighted by molar-refractivity contribution is 7.89. The number of fused-ring (bicyclic) bond motifs is 2. The molecule has 0 N–H and O–H groups in total. The highest BCUT2D eigenvalue weighted by Crippen LogP contribution is 2.45. The van der Waals surface area contributed by atoms with E-state index in [-0.39, 0.29) is 46.4 Å². The Labute approximate surface area is 243 Å². The zero-order chi connectivity index (χ0) is 29.9. The third-order valence-electron chi connectivity index (χ3n) is 8.13. The van der Waals surface area contributed by atoms with Gasteiger partial charge in [0.2, 0.25) is 15.5 Å². The van der Waals surface area contributed by atoms with E-state index in [0.717, 1.165) is 35.6 Å². The minimum absolute atomic E-state index is 0.0369. The third kappa shape index (κ3) is 4.49. The van der Waals surface area contributed by atoms with E-state index in [2.05, 4.69) is 0 Å². The van der Waals surface area contributed by atoms with Crippen molar-refractivity contribution >= 4 is 26.9 Å². The molecule has 0 amide bonds. The average molecular weight is 591 g/mol. The second-order valence-electron chi connectivity index (χ2n) is 10.8. The maximum Gasteiger partial charge on any atom is 0.343 e. The van der Waals surface area contributed by atoms with Crippen LogP contribution in [0.5, 0.6) is 5.75 Å². The molecule has 1 unspecified atom stereocenters. The number of halogens is 1. The molecule has 0 spiro atoms. The number of hydrogen-bond donors (Lipinski definition) is 0. The van der Waals surface area contributed by atoms with Gasteiger partial charge in [0.15, 0.2) is 5.75 Å². The Morgan fingerprint density at radius 3 is 2.45 bits per heavy atom. The summed E-state index contributed by atoms with van der Waals surface area (Å²) < 4.78 is 57.1. The van der Waals surface area contributed by atoms with Crippen molar-refractivity contribution in [2.75, 3.05) is 13.7 Å². The van der Waals surface area contributed by atoms with Crippen molar-refractivity contribution in [3.8, 4) is 16.9 Å². The monoisotopic (exact) mass is 590 g/mol. The highest BCUT2D eigenvalue weighted by atomic mass is 32.2. The fourth-order valence-electron chi connectivity index (χ4n) is 5.82. The van der Waals surface area contributed by atoms with Crippen LogP contribution in [0.3, 0.4) is 0 Å². The zero-order valence-electron chi connectivity index (χ0n) is 23.8. The number of hydrogen-bond acceptors (Lipinski definition) is 6. The molecule has 218 valence electrons. The molecule has 10 heteroatoms. The van der Waals surface area contributed by atoms with Gasteiger partial charge in [-0.2, -0.15) is 4.31 Å². The average Bonchev–Trinajstić information content (AvgIpc) is 3.75. The van der Waals surface area contributed by atoms with E-state index < -0.39 is 33.3 Å². The molecule has 3 aromatic carbocycles. The first kappa shape index (κ1) is 28.1. The van der Waals surface area contributed by atoms with Gasteiger partial charge in [-0.15, -0.1) is 0 Å². The molecule has 0 radical (unpaired) electrons. The predicted molar refractivity (Wildman–Crippen MR) is 157 cm³/mol. The van der Waals surface area contributed by atoms with Gasteiger partial charge in [-0.3, -0.25) is 4.79 Å². The number of sulfonamides is 1. The van der Waals surface area contributed by atoms with Crippen molar-refractivity contribution < 1.29 is 27.1 Å². The first-order chi connectivity index (χ1) is 20.1. The Bertz CT molecular complexity index is 1910. The number of methoxy groups -OCH3 is 1. The number of carbonyl (C=O) groups is 1. The summed E-state index contributed by atoms with van der Waals surface area (Å²) in [6.45, 7) is 5.63. The fraction of sp³-hybridized carbons (Fsp3) is 0.312. The molecular formula is C32H31FN2O6S. The normalized spacial score (nSPS) is 16.9. The topological polar surface area (TPSA) is 94.9 Å². The minimum atomic E-state index is -3.77. The summed E-state index contributed by atoms with van der Waals surface area (Å²) in [4.78, 5) is 26.1. The van der Waals surface area contributed by atoms with Crippen LogP contribution in [0.25, 0.3) is 22.0 Å². The number of aryl methyl sites for hydroxylation is 1. The minimum Gasteiger partial charge on any atom is -0.494 e. The van der Waals surface area contributed by atoms with Crippen LogP contribution in [-0.2, 0) is 21.3 Å². The van der Waals surface area contributed by atoms with E-state index in [0.29, 0.717) is 11.1 Å². The Hall–Kier alpha value is -4.02. The van der Waals surface area contributed by atoms with Gasteiger partial charge in [0.1, 0.15) is 11.4 Å². The Morgan fingerprint density at radius 1 is 1.10 bits per heavy atom. The second-order valence-corrected chi connectivity index (χ2v) is 12.7. The molecule has 4 aromatic rings. The molecule has 1 saturated carbocycles. The van der Waals surface area contributed by atoms with E-state index in [1.807, 2.05) is 24.5 Å². The first-order valence-electron chi connectivity index (χ1n) is 13.9. The molecular weight excluding hydrogens is 559 g/mol. The third-order valence-corrected chi connectivity index (χ3v) is 10.1. The van der Waals surface area contributed by atoms with Crippen molar-refractivity contribution in [3.05, 3.63) is 93.0 Å². The lowest BCUT2D eigenvalue weighted by molar-refractivity contribution is 0.0524. The summed E-state index contributed by atoms with van der Waals surface area (Å²) in [5.74, 6) is -1.25. The van der Waals surface area contributed by atoms with Crippen LogP contribution in [0.4, 0.5) is 4.39 Å². The Morgan fingerprint density at radius 2 is 1.81 bits per heavy atom. The molecule has 1 fully saturated rings. The largest absolute Gasteiger partial charge is 0.494 e. The molecule has 6 rings (SSSR count). The summed E-state index contributed by atoms with van der Waals surface area (Å²) in [5, 5.41) is 0.0377. The van der Waals surface area contributed by atoms with Crippen LogP contribution in [0.1, 0.15) is 65.8 Å². The van der Waals surface area contributed by atoms with Crippen LogP contribution in [0.15, 0.2) is 64.4 Å². The molecule has 1 aliphatic heterocycles. The van der Waals surface area contributed by atoms with E-state index >= 15 is 4.39 Å². The lowest BCUT2D eigenvalue weighted by Crippen LogP contribution is -2.28. The van der Waals surface area contributed by atoms with Gasteiger partial charge < -0.3 is 14.0 Å². The van der Waals surface area contributed by atoms with Gasteiger partial charge in [-0.05, 0) is 74.6 Å². The molecule has 1 aliphatic carbocycles. The van der Waals surface area contributed by atoms with Gasteiger partial charge in [0, 0.05) is 24.8 Å². The van der Waals surface area contributed by atoms with Crippen molar-refractivity contribution in [3.63, 3.8) is 0 Å². The lowest BCUT2D eigenvalue weighted by Gasteiger charge is -2.21. The standard InChI is InChI=1S/C32H31FN2O6S/c1-5-41-32(37)26-17-34(22-9-10-22)29-25(30(26)36)15-27(33)28(31(29)40-4)20-8-13-24-19(3)35(16-21(24)14-20)42(38,39)23-11-6-18(2)7-12-23/h6-8,11-15,17,19,22H,5,9-10,16H2,1-4H3. The number of nitrogens with zero attached hydrogens (tertiary/aromatic N) is 2. The van der Waals surface area contributed by atoms with E-state index in [1.165, 1.54) is 17.6 Å². The van der Waals surface area contributed by atoms with Crippen molar-refractivity contribution in [1.29, 1.82) is 0 Å². The van der Waals surface area contributed by atoms with Gasteiger partial charge in [0.25, 0.3) is 0 Å². The summed E-state index contributed by atoms with van der Waals surface area (Å²) in [6.07, 6.45) is 3.18. The highest BCUT2D eigenvalue weighted by Gasteiger charge is 2.37. The van der Waals surface area contributed by atoms with E-state index in [1.54, 1.807) is 43.3 Å². The van der Waals surface area contributed by atoms with Crippen LogP contribution < -0.4 is 10.2 Å². The van der Waals surface area contributed by atoms with E-state index in [4.69, 9.17) is 9.47 Å². The number of esters is 1. The molecule has 0 bridgehead atoms. The van der Waals surface area contributed by atoms with Crippen molar-refractivity contribution in [1.82, 2.24) is 8.87 Å². The number of carbonyl (C=O) groups excluding carboxylic acids is 1. The van der Waals surface area contributed by atoms with Gasteiger partial charge >= 0.3 is 5.97 Å². The van der Waals surface area contributed by atoms with E-state index in [9.17, 15) is 18.0 Å². The number of rotatable bonds is 7. The smallest absolute Gasteiger partial charge is 0.343 e. The molecule has 1 atom stereocenters.